The zero-order valence-corrected chi connectivity index (χ0v) is 17.1. The lowest BCUT2D eigenvalue weighted by atomic mass is 10.0. The summed E-state index contributed by atoms with van der Waals surface area (Å²) in [5.74, 6) is -0.136. The number of nitrogens with zero attached hydrogens (tertiary/aromatic N) is 3. The molecule has 0 unspecified atom stereocenters. The fourth-order valence-corrected chi connectivity index (χ4v) is 4.44. The standard InChI is InChI=1S/C25H26N4O/c30-25(27-21-9-11-22(12-10-21)28-13-3-4-14-28)20-16-23(18-26-17-20)29-15-5-7-19-6-1-2-8-24(19)29/h1-2,6,8-12,16-18H,3-5,7,13-15H2,(H,27,30). The van der Waals surface area contributed by atoms with Crippen LogP contribution in [0.15, 0.2) is 67.0 Å². The molecular weight excluding hydrogens is 372 g/mol. The number of benzene rings is 2. The second-order valence-corrected chi connectivity index (χ2v) is 8.01. The first kappa shape index (κ1) is 18.7. The number of fused-ring (bicyclic) bond motifs is 1. The lowest BCUT2D eigenvalue weighted by Crippen LogP contribution is -2.25. The number of anilines is 4. The van der Waals surface area contributed by atoms with Crippen molar-refractivity contribution in [3.05, 3.63) is 78.1 Å². The molecule has 152 valence electrons. The molecule has 5 rings (SSSR count). The third-order valence-electron chi connectivity index (χ3n) is 6.00. The largest absolute Gasteiger partial charge is 0.372 e. The SMILES string of the molecule is O=C(Nc1ccc(N2CCCC2)cc1)c1cncc(N2CCCc3ccccc32)c1. The Morgan fingerprint density at radius 1 is 0.867 bits per heavy atom. The highest BCUT2D eigenvalue weighted by atomic mass is 16.1. The van der Waals surface area contributed by atoms with Crippen molar-refractivity contribution in [3.8, 4) is 0 Å². The zero-order chi connectivity index (χ0) is 20.3. The number of para-hydroxylation sites is 1. The van der Waals surface area contributed by atoms with Gasteiger partial charge in [-0.15, -0.1) is 0 Å². The van der Waals surface area contributed by atoms with Crippen LogP contribution in [-0.2, 0) is 6.42 Å². The lowest BCUT2D eigenvalue weighted by molar-refractivity contribution is 0.102. The summed E-state index contributed by atoms with van der Waals surface area (Å²) in [5, 5.41) is 3.01. The maximum absolute atomic E-state index is 12.9. The lowest BCUT2D eigenvalue weighted by Gasteiger charge is -2.31. The van der Waals surface area contributed by atoms with E-state index < -0.39 is 0 Å². The first-order valence-electron chi connectivity index (χ1n) is 10.7. The van der Waals surface area contributed by atoms with Crippen LogP contribution in [0.25, 0.3) is 0 Å². The van der Waals surface area contributed by atoms with Gasteiger partial charge in [-0.1, -0.05) is 18.2 Å². The van der Waals surface area contributed by atoms with Crippen LogP contribution < -0.4 is 15.1 Å². The Morgan fingerprint density at radius 3 is 2.50 bits per heavy atom. The maximum Gasteiger partial charge on any atom is 0.257 e. The minimum Gasteiger partial charge on any atom is -0.372 e. The van der Waals surface area contributed by atoms with Crippen LogP contribution in [0, 0.1) is 0 Å². The van der Waals surface area contributed by atoms with E-state index in [4.69, 9.17) is 0 Å². The van der Waals surface area contributed by atoms with Crippen LogP contribution in [0.4, 0.5) is 22.7 Å². The average Bonchev–Trinajstić information content (AvgIpc) is 3.34. The van der Waals surface area contributed by atoms with Gasteiger partial charge in [0.15, 0.2) is 0 Å². The highest BCUT2D eigenvalue weighted by Crippen LogP contribution is 2.33. The predicted molar refractivity (Wildman–Crippen MR) is 122 cm³/mol. The van der Waals surface area contributed by atoms with Crippen LogP contribution in [-0.4, -0.2) is 30.5 Å². The van der Waals surface area contributed by atoms with Crippen LogP contribution in [0.5, 0.6) is 0 Å². The molecule has 1 N–H and O–H groups in total. The Morgan fingerprint density at radius 2 is 1.67 bits per heavy atom. The molecule has 3 aromatic rings. The Kier molecular flexibility index (Phi) is 5.10. The normalized spacial score (nSPS) is 15.7. The second-order valence-electron chi connectivity index (χ2n) is 8.01. The van der Waals surface area contributed by atoms with Crippen molar-refractivity contribution in [2.75, 3.05) is 34.8 Å². The summed E-state index contributed by atoms with van der Waals surface area (Å²) in [6, 6.07) is 18.5. The number of aromatic nitrogens is 1. The number of carbonyl (C=O) groups is 1. The number of hydrogen-bond donors (Lipinski definition) is 1. The molecule has 1 fully saturated rings. The highest BCUT2D eigenvalue weighted by molar-refractivity contribution is 6.04. The van der Waals surface area contributed by atoms with Crippen molar-refractivity contribution in [3.63, 3.8) is 0 Å². The fourth-order valence-electron chi connectivity index (χ4n) is 4.44. The van der Waals surface area contributed by atoms with Gasteiger partial charge in [0.1, 0.15) is 0 Å². The predicted octanol–water partition coefficient (Wildman–Crippen LogP) is 5.02. The van der Waals surface area contributed by atoms with Gasteiger partial charge in [-0.25, -0.2) is 0 Å². The number of hydrogen-bond acceptors (Lipinski definition) is 4. The van der Waals surface area contributed by atoms with Crippen LogP contribution in [0.3, 0.4) is 0 Å². The molecule has 0 saturated carbocycles. The molecule has 2 aliphatic rings. The molecule has 3 heterocycles. The van der Waals surface area contributed by atoms with E-state index in [1.165, 1.54) is 29.8 Å². The first-order chi connectivity index (χ1) is 14.8. The van der Waals surface area contributed by atoms with E-state index in [0.29, 0.717) is 5.56 Å². The quantitative estimate of drug-likeness (QED) is 0.670. The molecule has 0 spiro atoms. The van der Waals surface area contributed by atoms with E-state index in [0.717, 1.165) is 43.9 Å². The van der Waals surface area contributed by atoms with E-state index in [1.807, 2.05) is 24.4 Å². The van der Waals surface area contributed by atoms with Gasteiger partial charge in [-0.05, 0) is 67.6 Å². The van der Waals surface area contributed by atoms with Gasteiger partial charge < -0.3 is 15.1 Å². The van der Waals surface area contributed by atoms with E-state index in [2.05, 4.69) is 56.5 Å². The van der Waals surface area contributed by atoms with E-state index in [9.17, 15) is 4.79 Å². The monoisotopic (exact) mass is 398 g/mol. The third-order valence-corrected chi connectivity index (χ3v) is 6.00. The van der Waals surface area contributed by atoms with Gasteiger partial charge in [0.05, 0.1) is 17.4 Å². The summed E-state index contributed by atoms with van der Waals surface area (Å²) in [7, 11) is 0. The summed E-state index contributed by atoms with van der Waals surface area (Å²) in [5.41, 5.74) is 6.10. The first-order valence-corrected chi connectivity index (χ1v) is 10.7. The minimum atomic E-state index is -0.136. The van der Waals surface area contributed by atoms with Crippen molar-refractivity contribution in [2.45, 2.75) is 25.7 Å². The Labute approximate surface area is 177 Å². The van der Waals surface area contributed by atoms with E-state index in [1.54, 1.807) is 6.20 Å². The molecule has 1 amide bonds. The molecule has 5 nitrogen and oxygen atoms in total. The number of aryl methyl sites for hydroxylation is 1. The zero-order valence-electron chi connectivity index (χ0n) is 17.1. The molecule has 1 aromatic heterocycles. The highest BCUT2D eigenvalue weighted by Gasteiger charge is 2.19. The summed E-state index contributed by atoms with van der Waals surface area (Å²) in [6.07, 6.45) is 8.16. The van der Waals surface area contributed by atoms with Crippen LogP contribution in [0.1, 0.15) is 35.2 Å². The van der Waals surface area contributed by atoms with E-state index in [-0.39, 0.29) is 5.91 Å². The average molecular weight is 399 g/mol. The topological polar surface area (TPSA) is 48.5 Å². The molecular formula is C25H26N4O. The number of pyridine rings is 1. The molecule has 0 atom stereocenters. The number of amides is 1. The molecule has 1 saturated heterocycles. The van der Waals surface area contributed by atoms with Crippen molar-refractivity contribution >= 4 is 28.7 Å². The Hall–Kier alpha value is -3.34. The second kappa shape index (κ2) is 8.19. The van der Waals surface area contributed by atoms with Gasteiger partial charge in [-0.2, -0.15) is 0 Å². The van der Waals surface area contributed by atoms with Crippen molar-refractivity contribution < 1.29 is 4.79 Å². The van der Waals surface area contributed by atoms with Crippen LogP contribution >= 0.6 is 0 Å². The molecule has 2 aliphatic heterocycles. The molecule has 0 aliphatic carbocycles. The van der Waals surface area contributed by atoms with Gasteiger partial charge in [0, 0.05) is 42.9 Å². The molecule has 2 aromatic carbocycles. The summed E-state index contributed by atoms with van der Waals surface area (Å²) in [6.45, 7) is 3.16. The van der Waals surface area contributed by atoms with Crippen molar-refractivity contribution in [2.24, 2.45) is 0 Å². The van der Waals surface area contributed by atoms with Crippen molar-refractivity contribution in [1.29, 1.82) is 0 Å². The maximum atomic E-state index is 12.9. The third kappa shape index (κ3) is 3.75. The van der Waals surface area contributed by atoms with Gasteiger partial charge in [0.25, 0.3) is 5.91 Å². The molecule has 0 bridgehead atoms. The molecule has 30 heavy (non-hydrogen) atoms. The Balaban J connectivity index is 1.32. The fraction of sp³-hybridized carbons (Fsp3) is 0.280. The summed E-state index contributed by atoms with van der Waals surface area (Å²) >= 11 is 0. The van der Waals surface area contributed by atoms with Gasteiger partial charge in [0.2, 0.25) is 0 Å². The number of rotatable bonds is 4. The summed E-state index contributed by atoms with van der Waals surface area (Å²) < 4.78 is 0. The minimum absolute atomic E-state index is 0.136. The number of nitrogens with one attached hydrogen (secondary N) is 1. The van der Waals surface area contributed by atoms with Gasteiger partial charge in [-0.3, -0.25) is 9.78 Å². The van der Waals surface area contributed by atoms with Gasteiger partial charge >= 0.3 is 0 Å². The molecule has 5 heteroatoms. The number of carbonyl (C=O) groups excluding carboxylic acids is 1. The molecule has 0 radical (unpaired) electrons. The Bertz CT molecular complexity index is 1040. The van der Waals surface area contributed by atoms with Crippen LogP contribution in [0.2, 0.25) is 0 Å². The smallest absolute Gasteiger partial charge is 0.257 e. The van der Waals surface area contributed by atoms with E-state index >= 15 is 0 Å². The summed E-state index contributed by atoms with van der Waals surface area (Å²) in [4.78, 5) is 21.9. The van der Waals surface area contributed by atoms with Crippen molar-refractivity contribution in [1.82, 2.24) is 4.98 Å².